The van der Waals surface area contributed by atoms with Crippen LogP contribution in [0.1, 0.15) is 24.8 Å². The normalized spacial score (nSPS) is 16.1. The molecule has 82 valence electrons. The Morgan fingerprint density at radius 3 is 2.80 bits per heavy atom. The molecular weight excluding hydrogens is 254 g/mol. The first kappa shape index (κ1) is 11.0. The van der Waals surface area contributed by atoms with Gasteiger partial charge < -0.3 is 10.5 Å². The lowest BCUT2D eigenvalue weighted by Crippen LogP contribution is -2.25. The van der Waals surface area contributed by atoms with Gasteiger partial charge in [-0.3, -0.25) is 0 Å². The summed E-state index contributed by atoms with van der Waals surface area (Å²) in [5.41, 5.74) is 6.79. The zero-order valence-electron chi connectivity index (χ0n) is 8.71. The van der Waals surface area contributed by atoms with Gasteiger partial charge in [-0.1, -0.05) is 15.9 Å². The summed E-state index contributed by atoms with van der Waals surface area (Å²) in [6.45, 7) is 0.664. The number of benzene rings is 1. The maximum Gasteiger partial charge on any atom is 0.123 e. The van der Waals surface area contributed by atoms with Crippen molar-refractivity contribution in [1.29, 1.82) is 0 Å². The molecule has 1 aromatic carbocycles. The van der Waals surface area contributed by atoms with Gasteiger partial charge in [0.2, 0.25) is 0 Å². The van der Waals surface area contributed by atoms with Gasteiger partial charge in [0.15, 0.2) is 0 Å². The molecule has 2 N–H and O–H groups in total. The minimum atomic E-state index is 0.433. The number of ether oxygens (including phenoxy) is 1. The highest BCUT2D eigenvalue weighted by molar-refractivity contribution is 9.10. The van der Waals surface area contributed by atoms with Crippen molar-refractivity contribution in [2.24, 2.45) is 5.73 Å². The fourth-order valence-electron chi connectivity index (χ4n) is 1.68. The van der Waals surface area contributed by atoms with Gasteiger partial charge in [0.05, 0.1) is 6.10 Å². The maximum atomic E-state index is 5.91. The molecule has 2 nitrogen and oxygen atoms in total. The average molecular weight is 270 g/mol. The number of hydrogen-bond acceptors (Lipinski definition) is 2. The van der Waals surface area contributed by atoms with Gasteiger partial charge in [-0.15, -0.1) is 0 Å². The molecule has 1 aliphatic carbocycles. The van der Waals surface area contributed by atoms with E-state index in [1.807, 2.05) is 12.1 Å². The number of rotatable bonds is 4. The molecule has 0 radical (unpaired) electrons. The van der Waals surface area contributed by atoms with Gasteiger partial charge in [0, 0.05) is 4.47 Å². The van der Waals surface area contributed by atoms with Gasteiger partial charge in [-0.25, -0.2) is 0 Å². The van der Waals surface area contributed by atoms with Gasteiger partial charge in [-0.05, 0) is 56.0 Å². The van der Waals surface area contributed by atoms with Crippen LogP contribution in [0.2, 0.25) is 0 Å². The highest BCUT2D eigenvalue weighted by atomic mass is 79.9. The van der Waals surface area contributed by atoms with Crippen molar-refractivity contribution in [2.75, 3.05) is 6.54 Å². The van der Waals surface area contributed by atoms with E-state index in [2.05, 4.69) is 22.0 Å². The highest BCUT2D eigenvalue weighted by Crippen LogP contribution is 2.29. The minimum absolute atomic E-state index is 0.433. The summed E-state index contributed by atoms with van der Waals surface area (Å²) in [6.07, 6.45) is 4.99. The summed E-state index contributed by atoms with van der Waals surface area (Å²) >= 11 is 3.47. The van der Waals surface area contributed by atoms with Crippen molar-refractivity contribution >= 4 is 15.9 Å². The molecule has 1 saturated carbocycles. The average Bonchev–Trinajstić information content (AvgIpc) is 2.14. The smallest absolute Gasteiger partial charge is 0.123 e. The standard InChI is InChI=1S/C12H16BrNO/c13-10-4-5-12(9(8-10)6-7-14)15-11-2-1-3-11/h4-5,8,11H,1-3,6-7,14H2. The molecule has 1 aromatic rings. The van der Waals surface area contributed by atoms with Crippen LogP contribution in [0, 0.1) is 0 Å². The van der Waals surface area contributed by atoms with E-state index < -0.39 is 0 Å². The Kier molecular flexibility index (Phi) is 3.65. The summed E-state index contributed by atoms with van der Waals surface area (Å²) in [5, 5.41) is 0. The predicted octanol–water partition coefficient (Wildman–Crippen LogP) is 2.88. The van der Waals surface area contributed by atoms with Crippen LogP contribution in [0.25, 0.3) is 0 Å². The molecule has 0 bridgehead atoms. The van der Waals surface area contributed by atoms with E-state index in [4.69, 9.17) is 10.5 Å². The predicted molar refractivity (Wildman–Crippen MR) is 65.2 cm³/mol. The summed E-state index contributed by atoms with van der Waals surface area (Å²) in [6, 6.07) is 6.16. The molecule has 0 saturated heterocycles. The molecule has 0 aromatic heterocycles. The van der Waals surface area contributed by atoms with Crippen molar-refractivity contribution in [1.82, 2.24) is 0 Å². The van der Waals surface area contributed by atoms with Crippen LogP contribution in [-0.4, -0.2) is 12.6 Å². The summed E-state index contributed by atoms with van der Waals surface area (Å²) in [5.74, 6) is 1.01. The van der Waals surface area contributed by atoms with Crippen molar-refractivity contribution in [3.63, 3.8) is 0 Å². The molecule has 0 amide bonds. The maximum absolute atomic E-state index is 5.91. The van der Waals surface area contributed by atoms with Crippen LogP contribution in [0.3, 0.4) is 0 Å². The van der Waals surface area contributed by atoms with Gasteiger partial charge >= 0.3 is 0 Å². The molecule has 1 aliphatic rings. The second-order valence-electron chi connectivity index (χ2n) is 3.96. The van der Waals surface area contributed by atoms with Gasteiger partial charge in [0.1, 0.15) is 5.75 Å². The molecule has 3 heteroatoms. The lowest BCUT2D eigenvalue weighted by molar-refractivity contribution is 0.119. The third-order valence-corrected chi connectivity index (χ3v) is 3.28. The second kappa shape index (κ2) is 4.99. The Labute approximate surface area is 98.9 Å². The van der Waals surface area contributed by atoms with Crippen molar-refractivity contribution in [3.8, 4) is 5.75 Å². The topological polar surface area (TPSA) is 35.2 Å². The van der Waals surface area contributed by atoms with E-state index >= 15 is 0 Å². The third-order valence-electron chi connectivity index (χ3n) is 2.78. The summed E-state index contributed by atoms with van der Waals surface area (Å²) in [4.78, 5) is 0. The van der Waals surface area contributed by atoms with Crippen LogP contribution in [-0.2, 0) is 6.42 Å². The van der Waals surface area contributed by atoms with Crippen LogP contribution >= 0.6 is 15.9 Å². The fourth-order valence-corrected chi connectivity index (χ4v) is 2.09. The van der Waals surface area contributed by atoms with Crippen molar-refractivity contribution < 1.29 is 4.74 Å². The molecule has 1 fully saturated rings. The Bertz CT molecular complexity index is 336. The highest BCUT2D eigenvalue weighted by Gasteiger charge is 2.20. The quantitative estimate of drug-likeness (QED) is 0.913. The Morgan fingerprint density at radius 1 is 1.40 bits per heavy atom. The lowest BCUT2D eigenvalue weighted by atomic mass is 9.96. The van der Waals surface area contributed by atoms with E-state index in [1.54, 1.807) is 0 Å². The van der Waals surface area contributed by atoms with Crippen molar-refractivity contribution in [3.05, 3.63) is 28.2 Å². The first-order valence-corrected chi connectivity index (χ1v) is 6.24. The van der Waals surface area contributed by atoms with E-state index in [0.29, 0.717) is 12.6 Å². The van der Waals surface area contributed by atoms with E-state index in [-0.39, 0.29) is 0 Å². The Balaban J connectivity index is 2.12. The first-order valence-electron chi connectivity index (χ1n) is 5.45. The monoisotopic (exact) mass is 269 g/mol. The van der Waals surface area contributed by atoms with Crippen molar-refractivity contribution in [2.45, 2.75) is 31.8 Å². The van der Waals surface area contributed by atoms with Crippen LogP contribution < -0.4 is 10.5 Å². The molecular formula is C12H16BrNO. The van der Waals surface area contributed by atoms with E-state index in [1.165, 1.54) is 24.8 Å². The van der Waals surface area contributed by atoms with Crippen LogP contribution in [0.5, 0.6) is 5.75 Å². The minimum Gasteiger partial charge on any atom is -0.490 e. The fraction of sp³-hybridized carbons (Fsp3) is 0.500. The Morgan fingerprint density at radius 2 is 2.20 bits per heavy atom. The number of halogens is 1. The second-order valence-corrected chi connectivity index (χ2v) is 4.88. The van der Waals surface area contributed by atoms with E-state index in [0.717, 1.165) is 16.6 Å². The molecule has 0 spiro atoms. The zero-order chi connectivity index (χ0) is 10.7. The molecule has 2 rings (SSSR count). The van der Waals surface area contributed by atoms with Gasteiger partial charge in [-0.2, -0.15) is 0 Å². The third kappa shape index (κ3) is 2.73. The Hall–Kier alpha value is -0.540. The zero-order valence-corrected chi connectivity index (χ0v) is 10.3. The molecule has 0 unspecified atom stereocenters. The molecule has 0 heterocycles. The molecule has 0 aliphatic heterocycles. The van der Waals surface area contributed by atoms with E-state index in [9.17, 15) is 0 Å². The SMILES string of the molecule is NCCc1cc(Br)ccc1OC1CCC1. The van der Waals surface area contributed by atoms with Crippen LogP contribution in [0.4, 0.5) is 0 Å². The summed E-state index contributed by atoms with van der Waals surface area (Å²) < 4.78 is 7.00. The molecule has 0 atom stereocenters. The first-order chi connectivity index (χ1) is 7.29. The number of nitrogens with two attached hydrogens (primary N) is 1. The summed E-state index contributed by atoms with van der Waals surface area (Å²) in [7, 11) is 0. The lowest BCUT2D eigenvalue weighted by Gasteiger charge is -2.27. The van der Waals surface area contributed by atoms with Gasteiger partial charge in [0.25, 0.3) is 0 Å². The number of hydrogen-bond donors (Lipinski definition) is 1. The molecule has 15 heavy (non-hydrogen) atoms. The largest absolute Gasteiger partial charge is 0.490 e. The van der Waals surface area contributed by atoms with Crippen LogP contribution in [0.15, 0.2) is 22.7 Å².